The molecule has 0 aliphatic carbocycles. The Morgan fingerprint density at radius 3 is 2.19 bits per heavy atom. The zero-order chi connectivity index (χ0) is 19.6. The predicted molar refractivity (Wildman–Crippen MR) is 102 cm³/mol. The summed E-state index contributed by atoms with van der Waals surface area (Å²) in [6.07, 6.45) is 0. The standard InChI is InChI=1S/C20H24N2O5/c1-4-26-17-11-8-15(12-18(17)27-5-2)22-20(24)19(23)21-13-14-6-9-16(25-3)10-7-14/h6-12H,4-5,13H2,1-3H3,(H,21,23)(H,22,24). The van der Waals surface area contributed by atoms with Gasteiger partial charge < -0.3 is 24.8 Å². The highest BCUT2D eigenvalue weighted by Gasteiger charge is 2.15. The summed E-state index contributed by atoms with van der Waals surface area (Å²) in [5.74, 6) is 0.341. The van der Waals surface area contributed by atoms with Crippen LogP contribution in [0.1, 0.15) is 19.4 Å². The van der Waals surface area contributed by atoms with Crippen molar-refractivity contribution < 1.29 is 23.8 Å². The van der Waals surface area contributed by atoms with Gasteiger partial charge in [0.05, 0.1) is 20.3 Å². The Labute approximate surface area is 158 Å². The van der Waals surface area contributed by atoms with E-state index in [-0.39, 0.29) is 6.54 Å². The third-order valence-corrected chi connectivity index (χ3v) is 3.62. The predicted octanol–water partition coefficient (Wildman–Crippen LogP) is 2.75. The largest absolute Gasteiger partial charge is 0.497 e. The van der Waals surface area contributed by atoms with Crippen LogP contribution in [0.15, 0.2) is 42.5 Å². The van der Waals surface area contributed by atoms with Crippen molar-refractivity contribution >= 4 is 17.5 Å². The van der Waals surface area contributed by atoms with Crippen molar-refractivity contribution in [3.63, 3.8) is 0 Å². The van der Waals surface area contributed by atoms with Crippen LogP contribution in [0, 0.1) is 0 Å². The van der Waals surface area contributed by atoms with Gasteiger partial charge >= 0.3 is 11.8 Å². The maximum Gasteiger partial charge on any atom is 0.313 e. The number of hydrogen-bond donors (Lipinski definition) is 2. The molecule has 144 valence electrons. The summed E-state index contributed by atoms with van der Waals surface area (Å²) in [5.41, 5.74) is 1.31. The molecule has 7 nitrogen and oxygen atoms in total. The number of nitrogens with one attached hydrogen (secondary N) is 2. The maximum absolute atomic E-state index is 12.1. The first-order chi connectivity index (χ1) is 13.1. The number of methoxy groups -OCH3 is 1. The summed E-state index contributed by atoms with van der Waals surface area (Å²) >= 11 is 0. The summed E-state index contributed by atoms with van der Waals surface area (Å²) in [4.78, 5) is 24.1. The monoisotopic (exact) mass is 372 g/mol. The second kappa shape index (κ2) is 10.1. The van der Waals surface area contributed by atoms with Gasteiger partial charge in [-0.3, -0.25) is 9.59 Å². The average molecular weight is 372 g/mol. The molecule has 0 saturated carbocycles. The van der Waals surface area contributed by atoms with Gasteiger partial charge in [-0.05, 0) is 43.7 Å². The third kappa shape index (κ3) is 5.91. The molecule has 2 amide bonds. The van der Waals surface area contributed by atoms with Crippen molar-refractivity contribution in [1.29, 1.82) is 0 Å². The molecule has 0 bridgehead atoms. The van der Waals surface area contributed by atoms with Crippen LogP contribution >= 0.6 is 0 Å². The van der Waals surface area contributed by atoms with Gasteiger partial charge in [-0.25, -0.2) is 0 Å². The fraction of sp³-hybridized carbons (Fsp3) is 0.300. The van der Waals surface area contributed by atoms with Crippen LogP contribution < -0.4 is 24.8 Å². The molecule has 2 N–H and O–H groups in total. The Bertz CT molecular complexity index is 774. The van der Waals surface area contributed by atoms with Crippen LogP contribution in [0.3, 0.4) is 0 Å². The smallest absolute Gasteiger partial charge is 0.313 e. The fourth-order valence-electron chi connectivity index (χ4n) is 2.32. The van der Waals surface area contributed by atoms with Crippen LogP contribution in [-0.4, -0.2) is 32.1 Å². The van der Waals surface area contributed by atoms with Crippen molar-refractivity contribution in [2.45, 2.75) is 20.4 Å². The Morgan fingerprint density at radius 2 is 1.56 bits per heavy atom. The lowest BCUT2D eigenvalue weighted by molar-refractivity contribution is -0.136. The van der Waals surface area contributed by atoms with Gasteiger partial charge in [0.2, 0.25) is 0 Å². The van der Waals surface area contributed by atoms with E-state index in [4.69, 9.17) is 14.2 Å². The number of rotatable bonds is 8. The zero-order valence-electron chi connectivity index (χ0n) is 15.7. The van der Waals surface area contributed by atoms with Crippen molar-refractivity contribution in [1.82, 2.24) is 5.32 Å². The molecule has 0 unspecified atom stereocenters. The molecular formula is C20H24N2O5. The number of carbonyl (C=O) groups is 2. The first-order valence-corrected chi connectivity index (χ1v) is 8.69. The van der Waals surface area contributed by atoms with Crippen LogP contribution in [0.5, 0.6) is 17.2 Å². The van der Waals surface area contributed by atoms with Crippen LogP contribution in [0.2, 0.25) is 0 Å². The van der Waals surface area contributed by atoms with Gasteiger partial charge in [-0.2, -0.15) is 0 Å². The quantitative estimate of drug-likeness (QED) is 0.696. The van der Waals surface area contributed by atoms with Crippen molar-refractivity contribution in [2.24, 2.45) is 0 Å². The molecule has 0 aromatic heterocycles. The lowest BCUT2D eigenvalue weighted by Crippen LogP contribution is -2.34. The van der Waals surface area contributed by atoms with Gasteiger partial charge in [0.1, 0.15) is 5.75 Å². The van der Waals surface area contributed by atoms with Gasteiger partial charge in [-0.15, -0.1) is 0 Å². The van der Waals surface area contributed by atoms with E-state index >= 15 is 0 Å². The van der Waals surface area contributed by atoms with E-state index in [9.17, 15) is 9.59 Å². The minimum absolute atomic E-state index is 0.240. The molecule has 7 heteroatoms. The van der Waals surface area contributed by atoms with Gasteiger partial charge in [0.25, 0.3) is 0 Å². The second-order valence-electron chi connectivity index (χ2n) is 5.51. The summed E-state index contributed by atoms with van der Waals surface area (Å²) in [7, 11) is 1.58. The molecule has 0 spiro atoms. The molecule has 0 fully saturated rings. The number of carbonyl (C=O) groups excluding carboxylic acids is 2. The van der Waals surface area contributed by atoms with E-state index in [1.807, 2.05) is 26.0 Å². The van der Waals surface area contributed by atoms with Crippen molar-refractivity contribution in [3.8, 4) is 17.2 Å². The Morgan fingerprint density at radius 1 is 0.889 bits per heavy atom. The topological polar surface area (TPSA) is 85.9 Å². The highest BCUT2D eigenvalue weighted by atomic mass is 16.5. The number of benzene rings is 2. The first kappa shape index (κ1) is 20.1. The van der Waals surface area contributed by atoms with Crippen molar-refractivity contribution in [3.05, 3.63) is 48.0 Å². The third-order valence-electron chi connectivity index (χ3n) is 3.62. The number of hydrogen-bond acceptors (Lipinski definition) is 5. The number of amides is 2. The Kier molecular flexibility index (Phi) is 7.49. The highest BCUT2D eigenvalue weighted by Crippen LogP contribution is 2.30. The van der Waals surface area contributed by atoms with Crippen LogP contribution in [0.25, 0.3) is 0 Å². The van der Waals surface area contributed by atoms with E-state index in [0.717, 1.165) is 11.3 Å². The van der Waals surface area contributed by atoms with Gasteiger partial charge in [0, 0.05) is 18.3 Å². The normalized spacial score (nSPS) is 10.0. The summed E-state index contributed by atoms with van der Waals surface area (Å²) in [5, 5.41) is 5.14. The minimum atomic E-state index is -0.755. The average Bonchev–Trinajstić information content (AvgIpc) is 2.68. The van der Waals surface area contributed by atoms with E-state index in [1.54, 1.807) is 37.4 Å². The summed E-state index contributed by atoms with van der Waals surface area (Å²) in [6, 6.07) is 12.2. The number of anilines is 1. The lowest BCUT2D eigenvalue weighted by Gasteiger charge is -2.13. The molecule has 2 aromatic carbocycles. The highest BCUT2D eigenvalue weighted by molar-refractivity contribution is 6.39. The van der Waals surface area contributed by atoms with Crippen LogP contribution in [0.4, 0.5) is 5.69 Å². The first-order valence-electron chi connectivity index (χ1n) is 8.69. The molecule has 0 aliphatic rings. The zero-order valence-corrected chi connectivity index (χ0v) is 15.7. The molecule has 2 aromatic rings. The molecule has 27 heavy (non-hydrogen) atoms. The fourth-order valence-corrected chi connectivity index (χ4v) is 2.32. The van der Waals surface area contributed by atoms with E-state index < -0.39 is 11.8 Å². The minimum Gasteiger partial charge on any atom is -0.497 e. The Balaban J connectivity index is 1.94. The van der Waals surface area contributed by atoms with Crippen LogP contribution in [-0.2, 0) is 16.1 Å². The van der Waals surface area contributed by atoms with Gasteiger partial charge in [-0.1, -0.05) is 12.1 Å². The molecule has 0 saturated heterocycles. The van der Waals surface area contributed by atoms with E-state index in [0.29, 0.717) is 30.4 Å². The summed E-state index contributed by atoms with van der Waals surface area (Å²) < 4.78 is 16.1. The maximum atomic E-state index is 12.1. The van der Waals surface area contributed by atoms with Crippen molar-refractivity contribution in [2.75, 3.05) is 25.6 Å². The molecule has 2 rings (SSSR count). The Hall–Kier alpha value is -3.22. The SMILES string of the molecule is CCOc1ccc(NC(=O)C(=O)NCc2ccc(OC)cc2)cc1OCC. The van der Waals surface area contributed by atoms with Gasteiger partial charge in [0.15, 0.2) is 11.5 Å². The number of ether oxygens (including phenoxy) is 3. The van der Waals surface area contributed by atoms with E-state index in [1.165, 1.54) is 0 Å². The molecule has 0 heterocycles. The second-order valence-corrected chi connectivity index (χ2v) is 5.51. The molecular weight excluding hydrogens is 348 g/mol. The molecule has 0 aliphatic heterocycles. The molecule has 0 radical (unpaired) electrons. The summed E-state index contributed by atoms with van der Waals surface area (Å²) in [6.45, 7) is 4.93. The lowest BCUT2D eigenvalue weighted by atomic mass is 10.2. The molecule has 0 atom stereocenters. The van der Waals surface area contributed by atoms with E-state index in [2.05, 4.69) is 10.6 Å².